The van der Waals surface area contributed by atoms with Gasteiger partial charge in [0.15, 0.2) is 0 Å². The Labute approximate surface area is 102 Å². The van der Waals surface area contributed by atoms with E-state index in [1.807, 2.05) is 0 Å². The second-order valence-corrected chi connectivity index (χ2v) is 6.43. The molecule has 0 spiro atoms. The second kappa shape index (κ2) is 5.64. The van der Waals surface area contributed by atoms with Gasteiger partial charge in [0.2, 0.25) is 0 Å². The molecular formula is C11H19NO4S. The molecule has 0 aliphatic carbocycles. The first-order valence-electron chi connectivity index (χ1n) is 5.69. The van der Waals surface area contributed by atoms with E-state index in [9.17, 15) is 13.2 Å². The van der Waals surface area contributed by atoms with Crippen LogP contribution < -0.4 is 5.32 Å². The van der Waals surface area contributed by atoms with Crippen molar-refractivity contribution in [1.82, 2.24) is 5.32 Å². The Bertz CT molecular complexity index is 374. The monoisotopic (exact) mass is 261 g/mol. The Morgan fingerprint density at radius 1 is 1.47 bits per heavy atom. The van der Waals surface area contributed by atoms with Crippen LogP contribution in [0, 0.1) is 0 Å². The smallest absolute Gasteiger partial charge is 0.326 e. The van der Waals surface area contributed by atoms with Crippen LogP contribution in [-0.2, 0) is 19.4 Å². The van der Waals surface area contributed by atoms with E-state index >= 15 is 0 Å². The first-order chi connectivity index (χ1) is 7.96. The Balaban J connectivity index is 2.80. The Hall–Kier alpha value is -0.880. The minimum absolute atomic E-state index is 0.0238. The zero-order valence-corrected chi connectivity index (χ0v) is 10.9. The van der Waals surface area contributed by atoms with Crippen molar-refractivity contribution >= 4 is 15.8 Å². The van der Waals surface area contributed by atoms with Crippen LogP contribution in [0.15, 0.2) is 12.7 Å². The fourth-order valence-corrected chi connectivity index (χ4v) is 3.40. The molecule has 1 fully saturated rings. The van der Waals surface area contributed by atoms with Gasteiger partial charge < -0.3 is 4.74 Å². The third-order valence-electron chi connectivity index (χ3n) is 2.93. The van der Waals surface area contributed by atoms with Gasteiger partial charge in [-0.05, 0) is 19.8 Å². The molecule has 1 rings (SSSR count). The van der Waals surface area contributed by atoms with Gasteiger partial charge in [0, 0.05) is 6.54 Å². The fraction of sp³-hybridized carbons (Fsp3) is 0.727. The molecule has 5 nitrogen and oxygen atoms in total. The minimum Gasteiger partial charge on any atom is -0.465 e. The molecule has 6 heteroatoms. The lowest BCUT2D eigenvalue weighted by Gasteiger charge is -2.35. The van der Waals surface area contributed by atoms with Crippen molar-refractivity contribution in [2.24, 2.45) is 0 Å². The van der Waals surface area contributed by atoms with E-state index in [2.05, 4.69) is 11.9 Å². The van der Waals surface area contributed by atoms with E-state index in [1.165, 1.54) is 0 Å². The third-order valence-corrected chi connectivity index (χ3v) is 4.58. The number of sulfone groups is 1. The average molecular weight is 261 g/mol. The van der Waals surface area contributed by atoms with Crippen molar-refractivity contribution < 1.29 is 17.9 Å². The van der Waals surface area contributed by atoms with Gasteiger partial charge in [0.1, 0.15) is 15.4 Å². The van der Waals surface area contributed by atoms with Crippen molar-refractivity contribution in [3.8, 4) is 0 Å². The molecule has 0 saturated carbocycles. The molecule has 1 aliphatic rings. The summed E-state index contributed by atoms with van der Waals surface area (Å²) in [6.07, 6.45) is 2.17. The van der Waals surface area contributed by atoms with E-state index in [-0.39, 0.29) is 30.3 Å². The first-order valence-corrected chi connectivity index (χ1v) is 7.51. The summed E-state index contributed by atoms with van der Waals surface area (Å²) in [5.74, 6) is -0.317. The highest BCUT2D eigenvalue weighted by molar-refractivity contribution is 7.91. The van der Waals surface area contributed by atoms with Gasteiger partial charge in [0.05, 0.1) is 18.1 Å². The predicted molar refractivity (Wildman–Crippen MR) is 65.5 cm³/mol. The molecule has 17 heavy (non-hydrogen) atoms. The molecule has 0 unspecified atom stereocenters. The average Bonchev–Trinajstić information content (AvgIpc) is 2.29. The molecule has 0 amide bonds. The summed E-state index contributed by atoms with van der Waals surface area (Å²) in [6.45, 7) is 6.06. The first kappa shape index (κ1) is 14.2. The van der Waals surface area contributed by atoms with Crippen LogP contribution in [0.5, 0.6) is 0 Å². The van der Waals surface area contributed by atoms with Crippen molar-refractivity contribution in [3.05, 3.63) is 12.7 Å². The summed E-state index contributed by atoms with van der Waals surface area (Å²) < 4.78 is 27.8. The maximum Gasteiger partial charge on any atom is 0.326 e. The van der Waals surface area contributed by atoms with Crippen molar-refractivity contribution in [3.63, 3.8) is 0 Å². The van der Waals surface area contributed by atoms with Gasteiger partial charge in [-0.25, -0.2) is 8.42 Å². The quantitative estimate of drug-likeness (QED) is 0.568. The number of nitrogens with one attached hydrogen (secondary N) is 1. The Morgan fingerprint density at radius 2 is 2.06 bits per heavy atom. The molecule has 0 atom stereocenters. The topological polar surface area (TPSA) is 72.5 Å². The summed E-state index contributed by atoms with van der Waals surface area (Å²) in [4.78, 5) is 11.9. The molecule has 1 aliphatic heterocycles. The zero-order valence-electron chi connectivity index (χ0n) is 10.1. The fourth-order valence-electron chi connectivity index (χ4n) is 1.88. The van der Waals surface area contributed by atoms with Gasteiger partial charge >= 0.3 is 5.97 Å². The number of esters is 1. The normalized spacial score (nSPS) is 21.7. The summed E-state index contributed by atoms with van der Waals surface area (Å²) in [5.41, 5.74) is -0.866. The van der Waals surface area contributed by atoms with Gasteiger partial charge in [-0.1, -0.05) is 6.08 Å². The molecule has 0 aromatic rings. The molecule has 1 saturated heterocycles. The minimum atomic E-state index is -3.00. The molecular weight excluding hydrogens is 242 g/mol. The summed E-state index contributed by atoms with van der Waals surface area (Å²) in [7, 11) is -3.00. The molecule has 0 aromatic carbocycles. The Morgan fingerprint density at radius 3 is 2.53 bits per heavy atom. The van der Waals surface area contributed by atoms with Crippen LogP contribution >= 0.6 is 0 Å². The van der Waals surface area contributed by atoms with Crippen molar-refractivity contribution in [2.75, 3.05) is 24.7 Å². The predicted octanol–water partition coefficient (Wildman–Crippen LogP) is 0.272. The van der Waals surface area contributed by atoms with Gasteiger partial charge in [-0.15, -0.1) is 6.58 Å². The SMILES string of the molecule is C=CCNC1(C(=O)OCC)CCS(=O)(=O)CC1. The van der Waals surface area contributed by atoms with E-state index < -0.39 is 15.4 Å². The second-order valence-electron chi connectivity index (χ2n) is 4.12. The largest absolute Gasteiger partial charge is 0.465 e. The molecule has 1 N–H and O–H groups in total. The van der Waals surface area contributed by atoms with Crippen LogP contribution in [0.1, 0.15) is 19.8 Å². The van der Waals surface area contributed by atoms with E-state index in [4.69, 9.17) is 4.74 Å². The van der Waals surface area contributed by atoms with E-state index in [1.54, 1.807) is 13.0 Å². The highest BCUT2D eigenvalue weighted by atomic mass is 32.2. The third kappa shape index (κ3) is 3.54. The zero-order chi connectivity index (χ0) is 12.9. The number of hydrogen-bond acceptors (Lipinski definition) is 5. The van der Waals surface area contributed by atoms with Crippen molar-refractivity contribution in [1.29, 1.82) is 0 Å². The van der Waals surface area contributed by atoms with Crippen LogP contribution in [0.3, 0.4) is 0 Å². The molecule has 98 valence electrons. The number of hydrogen-bond donors (Lipinski definition) is 1. The molecule has 0 bridgehead atoms. The van der Waals surface area contributed by atoms with E-state index in [0.717, 1.165) is 0 Å². The number of ether oxygens (including phenoxy) is 1. The molecule has 0 aromatic heterocycles. The standard InChI is InChI=1S/C11H19NO4S/c1-3-7-12-11(10(13)16-4-2)5-8-17(14,15)9-6-11/h3,12H,1,4-9H2,2H3. The van der Waals surface area contributed by atoms with Crippen LogP contribution in [0.25, 0.3) is 0 Å². The number of rotatable bonds is 5. The summed E-state index contributed by atoms with van der Waals surface area (Å²) >= 11 is 0. The van der Waals surface area contributed by atoms with Crippen LogP contribution in [0.2, 0.25) is 0 Å². The number of carbonyl (C=O) groups is 1. The Kier molecular flexibility index (Phi) is 4.70. The lowest BCUT2D eigenvalue weighted by Crippen LogP contribution is -2.57. The van der Waals surface area contributed by atoms with Gasteiger partial charge in [0.25, 0.3) is 0 Å². The maximum absolute atomic E-state index is 11.9. The van der Waals surface area contributed by atoms with Gasteiger partial charge in [-0.3, -0.25) is 10.1 Å². The lowest BCUT2D eigenvalue weighted by molar-refractivity contribution is -0.151. The lowest BCUT2D eigenvalue weighted by atomic mass is 9.92. The summed E-state index contributed by atoms with van der Waals surface area (Å²) in [6, 6.07) is 0. The number of carbonyl (C=O) groups excluding carboxylic acids is 1. The van der Waals surface area contributed by atoms with Gasteiger partial charge in [-0.2, -0.15) is 0 Å². The molecule has 1 heterocycles. The van der Waals surface area contributed by atoms with E-state index in [0.29, 0.717) is 13.2 Å². The van der Waals surface area contributed by atoms with Crippen LogP contribution in [-0.4, -0.2) is 44.6 Å². The summed E-state index contributed by atoms with van der Waals surface area (Å²) in [5, 5.41) is 3.05. The van der Waals surface area contributed by atoms with Crippen LogP contribution in [0.4, 0.5) is 0 Å². The van der Waals surface area contributed by atoms with Crippen molar-refractivity contribution in [2.45, 2.75) is 25.3 Å². The maximum atomic E-state index is 11.9. The highest BCUT2D eigenvalue weighted by Gasteiger charge is 2.44. The highest BCUT2D eigenvalue weighted by Crippen LogP contribution is 2.25. The molecule has 0 radical (unpaired) electrons.